The van der Waals surface area contributed by atoms with Gasteiger partial charge in [-0.3, -0.25) is 4.79 Å². The number of hydrogen-bond donors (Lipinski definition) is 1. The van der Waals surface area contributed by atoms with Crippen molar-refractivity contribution in [3.05, 3.63) is 48.1 Å². The summed E-state index contributed by atoms with van der Waals surface area (Å²) in [6, 6.07) is 9.07. The summed E-state index contributed by atoms with van der Waals surface area (Å²) >= 11 is 0. The van der Waals surface area contributed by atoms with Gasteiger partial charge < -0.3 is 14.8 Å². The van der Waals surface area contributed by atoms with Crippen molar-refractivity contribution in [3.63, 3.8) is 0 Å². The molecule has 0 saturated heterocycles. The third-order valence-electron chi connectivity index (χ3n) is 2.88. The quantitative estimate of drug-likeness (QED) is 0.312. The molecule has 1 rings (SSSR count). The SMILES string of the molecule is C=CCOc1ccc(/C=C(/C#N)C(=O)NCCCOCC)cc1. The van der Waals surface area contributed by atoms with Crippen LogP contribution >= 0.6 is 0 Å². The van der Waals surface area contributed by atoms with Crippen molar-refractivity contribution in [2.45, 2.75) is 13.3 Å². The second-order valence-corrected chi connectivity index (χ2v) is 4.64. The molecule has 0 aliphatic rings. The highest BCUT2D eigenvalue weighted by molar-refractivity contribution is 6.01. The molecule has 0 saturated carbocycles. The van der Waals surface area contributed by atoms with E-state index in [9.17, 15) is 4.79 Å². The van der Waals surface area contributed by atoms with E-state index in [0.29, 0.717) is 38.5 Å². The number of amides is 1. The van der Waals surface area contributed by atoms with E-state index in [1.165, 1.54) is 0 Å². The molecule has 0 heterocycles. The minimum Gasteiger partial charge on any atom is -0.490 e. The summed E-state index contributed by atoms with van der Waals surface area (Å²) in [5.74, 6) is 0.330. The van der Waals surface area contributed by atoms with E-state index in [1.807, 2.05) is 13.0 Å². The van der Waals surface area contributed by atoms with Crippen molar-refractivity contribution < 1.29 is 14.3 Å². The minimum atomic E-state index is -0.379. The van der Waals surface area contributed by atoms with Gasteiger partial charge in [-0.05, 0) is 37.1 Å². The molecule has 5 heteroatoms. The molecule has 0 fully saturated rings. The van der Waals surface area contributed by atoms with Gasteiger partial charge in [-0.15, -0.1) is 0 Å². The number of rotatable bonds is 10. The number of ether oxygens (including phenoxy) is 2. The van der Waals surface area contributed by atoms with E-state index in [4.69, 9.17) is 14.7 Å². The van der Waals surface area contributed by atoms with Crippen molar-refractivity contribution >= 4 is 12.0 Å². The molecule has 0 radical (unpaired) electrons. The zero-order valence-electron chi connectivity index (χ0n) is 13.4. The Bertz CT molecular complexity index is 571. The molecule has 5 nitrogen and oxygen atoms in total. The molecule has 0 aliphatic carbocycles. The second kappa shape index (κ2) is 11.0. The Morgan fingerprint density at radius 1 is 1.39 bits per heavy atom. The van der Waals surface area contributed by atoms with Gasteiger partial charge in [0.25, 0.3) is 5.91 Å². The van der Waals surface area contributed by atoms with Crippen molar-refractivity contribution in [2.24, 2.45) is 0 Å². The zero-order chi connectivity index (χ0) is 16.9. The maximum Gasteiger partial charge on any atom is 0.261 e. The molecular formula is C18H22N2O3. The topological polar surface area (TPSA) is 71.3 Å². The summed E-state index contributed by atoms with van der Waals surface area (Å²) < 4.78 is 10.6. The number of carbonyl (C=O) groups excluding carboxylic acids is 1. The van der Waals surface area contributed by atoms with E-state index in [1.54, 1.807) is 36.4 Å². The van der Waals surface area contributed by atoms with Gasteiger partial charge in [-0.2, -0.15) is 5.26 Å². The van der Waals surface area contributed by atoms with Crippen molar-refractivity contribution in [2.75, 3.05) is 26.4 Å². The van der Waals surface area contributed by atoms with Gasteiger partial charge in [0.05, 0.1) is 0 Å². The molecule has 1 amide bonds. The molecule has 0 aromatic heterocycles. The van der Waals surface area contributed by atoms with Gasteiger partial charge in [-0.25, -0.2) is 0 Å². The first-order valence-corrected chi connectivity index (χ1v) is 7.52. The normalized spacial score (nSPS) is 10.7. The Labute approximate surface area is 137 Å². The fourth-order valence-electron chi connectivity index (χ4n) is 1.75. The Morgan fingerprint density at radius 3 is 2.74 bits per heavy atom. The molecule has 1 aromatic carbocycles. The van der Waals surface area contributed by atoms with E-state index in [2.05, 4.69) is 11.9 Å². The largest absolute Gasteiger partial charge is 0.490 e. The van der Waals surface area contributed by atoms with E-state index in [0.717, 1.165) is 5.56 Å². The summed E-state index contributed by atoms with van der Waals surface area (Å²) in [6.45, 7) is 7.66. The number of benzene rings is 1. The first-order chi connectivity index (χ1) is 11.2. The van der Waals surface area contributed by atoms with Crippen molar-refractivity contribution in [1.82, 2.24) is 5.32 Å². The highest BCUT2D eigenvalue weighted by Gasteiger charge is 2.08. The molecule has 0 bridgehead atoms. The molecule has 0 unspecified atom stereocenters. The van der Waals surface area contributed by atoms with Crippen LogP contribution in [-0.2, 0) is 9.53 Å². The molecule has 122 valence electrons. The average Bonchev–Trinajstić information content (AvgIpc) is 2.58. The fourth-order valence-corrected chi connectivity index (χ4v) is 1.75. The molecule has 0 atom stereocenters. The third kappa shape index (κ3) is 7.30. The summed E-state index contributed by atoms with van der Waals surface area (Å²) in [5.41, 5.74) is 0.832. The van der Waals surface area contributed by atoms with Crippen LogP contribution in [0.3, 0.4) is 0 Å². The van der Waals surface area contributed by atoms with Gasteiger partial charge in [-0.1, -0.05) is 24.8 Å². The lowest BCUT2D eigenvalue weighted by Gasteiger charge is -2.05. The van der Waals surface area contributed by atoms with Crippen LogP contribution in [0.25, 0.3) is 6.08 Å². The third-order valence-corrected chi connectivity index (χ3v) is 2.88. The van der Waals surface area contributed by atoms with Gasteiger partial charge in [0.1, 0.15) is 24.0 Å². The van der Waals surface area contributed by atoms with Gasteiger partial charge >= 0.3 is 0 Å². The lowest BCUT2D eigenvalue weighted by atomic mass is 10.1. The highest BCUT2D eigenvalue weighted by atomic mass is 16.5. The monoisotopic (exact) mass is 314 g/mol. The van der Waals surface area contributed by atoms with Crippen LogP contribution in [-0.4, -0.2) is 32.3 Å². The molecular weight excluding hydrogens is 292 g/mol. The summed E-state index contributed by atoms with van der Waals surface area (Å²) in [5, 5.41) is 11.8. The average molecular weight is 314 g/mol. The number of carbonyl (C=O) groups is 1. The van der Waals surface area contributed by atoms with E-state index in [-0.39, 0.29) is 11.5 Å². The van der Waals surface area contributed by atoms with Crippen LogP contribution in [0.15, 0.2) is 42.5 Å². The molecule has 23 heavy (non-hydrogen) atoms. The molecule has 0 aliphatic heterocycles. The minimum absolute atomic E-state index is 0.0705. The first-order valence-electron chi connectivity index (χ1n) is 7.52. The highest BCUT2D eigenvalue weighted by Crippen LogP contribution is 2.14. The maximum absolute atomic E-state index is 11.9. The van der Waals surface area contributed by atoms with Crippen molar-refractivity contribution in [3.8, 4) is 11.8 Å². The van der Waals surface area contributed by atoms with Gasteiger partial charge in [0.2, 0.25) is 0 Å². The van der Waals surface area contributed by atoms with Crippen LogP contribution in [0.1, 0.15) is 18.9 Å². The number of nitriles is 1. The smallest absolute Gasteiger partial charge is 0.261 e. The predicted octanol–water partition coefficient (Wildman–Crippen LogP) is 2.70. The number of nitrogens with one attached hydrogen (secondary N) is 1. The van der Waals surface area contributed by atoms with Crippen LogP contribution < -0.4 is 10.1 Å². The predicted molar refractivity (Wildman–Crippen MR) is 89.8 cm³/mol. The Morgan fingerprint density at radius 2 is 2.13 bits per heavy atom. The van der Waals surface area contributed by atoms with E-state index < -0.39 is 0 Å². The van der Waals surface area contributed by atoms with Crippen LogP contribution in [0.2, 0.25) is 0 Å². The fraction of sp³-hybridized carbons (Fsp3) is 0.333. The first kappa shape index (κ1) is 18.5. The summed E-state index contributed by atoms with van der Waals surface area (Å²) in [6.07, 6.45) is 3.93. The molecule has 1 aromatic rings. The Hall–Kier alpha value is -2.58. The molecule has 0 spiro atoms. The van der Waals surface area contributed by atoms with Crippen LogP contribution in [0.5, 0.6) is 5.75 Å². The zero-order valence-corrected chi connectivity index (χ0v) is 13.4. The summed E-state index contributed by atoms with van der Waals surface area (Å²) in [7, 11) is 0. The second-order valence-electron chi connectivity index (χ2n) is 4.64. The van der Waals surface area contributed by atoms with Crippen molar-refractivity contribution in [1.29, 1.82) is 5.26 Å². The van der Waals surface area contributed by atoms with E-state index >= 15 is 0 Å². The van der Waals surface area contributed by atoms with Gasteiger partial charge in [0.15, 0.2) is 0 Å². The maximum atomic E-state index is 11.9. The van der Waals surface area contributed by atoms with Crippen LogP contribution in [0, 0.1) is 11.3 Å². The number of nitrogens with zero attached hydrogens (tertiary/aromatic N) is 1. The lowest BCUT2D eigenvalue weighted by Crippen LogP contribution is -2.26. The molecule has 1 N–H and O–H groups in total. The van der Waals surface area contributed by atoms with Gasteiger partial charge in [0, 0.05) is 19.8 Å². The number of hydrogen-bond acceptors (Lipinski definition) is 4. The Balaban J connectivity index is 2.58. The summed E-state index contributed by atoms with van der Waals surface area (Å²) in [4.78, 5) is 11.9. The Kier molecular flexibility index (Phi) is 8.87. The standard InChI is InChI=1S/C18H22N2O3/c1-3-11-23-17-8-6-15(7-9-17)13-16(14-19)18(21)20-10-5-12-22-4-2/h3,6-9,13H,1,4-5,10-12H2,2H3,(H,20,21)/b16-13-. The van der Waals surface area contributed by atoms with Crippen LogP contribution in [0.4, 0.5) is 0 Å². The lowest BCUT2D eigenvalue weighted by molar-refractivity contribution is -0.117.